The second-order valence-corrected chi connectivity index (χ2v) is 5.79. The molecule has 2 aromatic rings. The Labute approximate surface area is 124 Å². The topological polar surface area (TPSA) is 50.4 Å². The summed E-state index contributed by atoms with van der Waals surface area (Å²) in [6, 6.07) is 2.26. The molecule has 0 amide bonds. The Morgan fingerprint density at radius 1 is 1.19 bits per heavy atom. The van der Waals surface area contributed by atoms with E-state index in [9.17, 15) is 18.3 Å². The molecule has 4 nitrogen and oxygen atoms in total. The van der Waals surface area contributed by atoms with Gasteiger partial charge in [0, 0.05) is 11.9 Å². The summed E-state index contributed by atoms with van der Waals surface area (Å²) in [4.78, 5) is 0. The van der Waals surface area contributed by atoms with Gasteiger partial charge in [-0.15, -0.1) is 10.2 Å². The smallest absolute Gasteiger partial charge is 0.389 e. The average Bonchev–Trinajstić information content (AvgIpc) is 2.86. The van der Waals surface area contributed by atoms with E-state index in [2.05, 4.69) is 10.2 Å². The number of hydrogen-bond donors (Lipinski definition) is 1. The van der Waals surface area contributed by atoms with Crippen LogP contribution in [0.4, 0.5) is 13.2 Å². The molecule has 2 heterocycles. The summed E-state index contributed by atoms with van der Waals surface area (Å²) in [7, 11) is 0. The number of pyridine rings is 1. The molecule has 2 rings (SSSR count). The Morgan fingerprint density at radius 2 is 1.86 bits per heavy atom. The van der Waals surface area contributed by atoms with Crippen LogP contribution in [0.3, 0.4) is 0 Å². The van der Waals surface area contributed by atoms with E-state index in [1.165, 1.54) is 22.2 Å². The number of rotatable bonds is 5. The minimum Gasteiger partial charge on any atom is -0.389 e. The van der Waals surface area contributed by atoms with Crippen molar-refractivity contribution >= 4 is 17.4 Å². The molecule has 0 bridgehead atoms. The van der Waals surface area contributed by atoms with E-state index in [0.29, 0.717) is 29.4 Å². The third-order valence-corrected chi connectivity index (χ3v) is 4.70. The third kappa shape index (κ3) is 3.49. The SMILES string of the molecule is CCC(O)(CC)CSc1nnc2ccc(C(F)(F)F)cn12. The highest BCUT2D eigenvalue weighted by Crippen LogP contribution is 2.31. The molecule has 0 saturated heterocycles. The average molecular weight is 319 g/mol. The standard InChI is InChI=1S/C13H16F3N3OS/c1-3-12(20,4-2)8-21-11-18-17-10-6-5-9(7-19(10)11)13(14,15)16/h5-7,20H,3-4,8H2,1-2H3. The molecule has 1 N–H and O–H groups in total. The van der Waals surface area contributed by atoms with Gasteiger partial charge in [-0.05, 0) is 25.0 Å². The minimum atomic E-state index is -4.41. The lowest BCUT2D eigenvalue weighted by Gasteiger charge is -2.23. The van der Waals surface area contributed by atoms with Crippen LogP contribution in [-0.4, -0.2) is 31.1 Å². The summed E-state index contributed by atoms with van der Waals surface area (Å²) in [5.41, 5.74) is -1.25. The summed E-state index contributed by atoms with van der Waals surface area (Å²) in [6.45, 7) is 3.74. The number of halogens is 3. The molecule has 0 aromatic carbocycles. The summed E-state index contributed by atoms with van der Waals surface area (Å²) < 4.78 is 39.5. The largest absolute Gasteiger partial charge is 0.417 e. The monoisotopic (exact) mass is 319 g/mol. The molecule has 0 atom stereocenters. The number of alkyl halides is 3. The van der Waals surface area contributed by atoms with Crippen molar-refractivity contribution < 1.29 is 18.3 Å². The van der Waals surface area contributed by atoms with Gasteiger partial charge in [-0.2, -0.15) is 13.2 Å². The molecule has 0 aliphatic rings. The first-order chi connectivity index (χ1) is 9.79. The lowest BCUT2D eigenvalue weighted by Crippen LogP contribution is -2.29. The molecule has 0 aliphatic carbocycles. The van der Waals surface area contributed by atoms with Gasteiger partial charge < -0.3 is 5.11 Å². The number of nitrogens with zero attached hydrogens (tertiary/aromatic N) is 3. The zero-order valence-corrected chi connectivity index (χ0v) is 12.5. The second-order valence-electron chi connectivity index (χ2n) is 4.85. The fourth-order valence-corrected chi connectivity index (χ4v) is 2.98. The lowest BCUT2D eigenvalue weighted by atomic mass is 10.0. The first-order valence-corrected chi connectivity index (χ1v) is 7.55. The third-order valence-electron chi connectivity index (χ3n) is 3.48. The van der Waals surface area contributed by atoms with Crippen molar-refractivity contribution in [2.45, 2.75) is 43.6 Å². The van der Waals surface area contributed by atoms with E-state index >= 15 is 0 Å². The van der Waals surface area contributed by atoms with Crippen molar-refractivity contribution in [2.75, 3.05) is 5.75 Å². The van der Waals surface area contributed by atoms with E-state index in [1.807, 2.05) is 13.8 Å². The number of aromatic nitrogens is 3. The molecule has 0 spiro atoms. The van der Waals surface area contributed by atoms with Gasteiger partial charge in [-0.25, -0.2) is 0 Å². The first-order valence-electron chi connectivity index (χ1n) is 6.56. The fraction of sp³-hybridized carbons (Fsp3) is 0.538. The van der Waals surface area contributed by atoms with Crippen molar-refractivity contribution in [2.24, 2.45) is 0 Å². The van der Waals surface area contributed by atoms with Crippen LogP contribution in [0.15, 0.2) is 23.5 Å². The molecule has 8 heteroatoms. The highest BCUT2D eigenvalue weighted by Gasteiger charge is 2.31. The molecule has 0 fully saturated rings. The van der Waals surface area contributed by atoms with Crippen molar-refractivity contribution in [3.8, 4) is 0 Å². The van der Waals surface area contributed by atoms with E-state index in [1.54, 1.807) is 0 Å². The van der Waals surface area contributed by atoms with Gasteiger partial charge >= 0.3 is 6.18 Å². The molecular weight excluding hydrogens is 303 g/mol. The van der Waals surface area contributed by atoms with E-state index in [4.69, 9.17) is 0 Å². The molecule has 21 heavy (non-hydrogen) atoms. The van der Waals surface area contributed by atoms with Crippen LogP contribution in [0.25, 0.3) is 5.65 Å². The van der Waals surface area contributed by atoms with Crippen LogP contribution in [0.5, 0.6) is 0 Å². The van der Waals surface area contributed by atoms with Gasteiger partial charge in [0.15, 0.2) is 10.8 Å². The summed E-state index contributed by atoms with van der Waals surface area (Å²) in [5.74, 6) is 0.358. The normalized spacial score (nSPS) is 13.0. The molecule has 2 aromatic heterocycles. The fourth-order valence-electron chi connectivity index (χ4n) is 1.79. The Bertz CT molecular complexity index is 623. The number of hydrogen-bond acceptors (Lipinski definition) is 4. The van der Waals surface area contributed by atoms with Gasteiger partial charge in [0.2, 0.25) is 0 Å². The van der Waals surface area contributed by atoms with Crippen LogP contribution >= 0.6 is 11.8 Å². The predicted octanol–water partition coefficient (Wildman–Crippen LogP) is 3.39. The summed E-state index contributed by atoms with van der Waals surface area (Å²) in [5, 5.41) is 18.3. The minimum absolute atomic E-state index is 0.344. The van der Waals surface area contributed by atoms with E-state index in [0.717, 1.165) is 12.3 Å². The lowest BCUT2D eigenvalue weighted by molar-refractivity contribution is -0.137. The Morgan fingerprint density at radius 3 is 2.43 bits per heavy atom. The molecule has 0 radical (unpaired) electrons. The first kappa shape index (κ1) is 16.1. The second kappa shape index (κ2) is 5.84. The Kier molecular flexibility index (Phi) is 4.48. The zero-order valence-electron chi connectivity index (χ0n) is 11.7. The van der Waals surface area contributed by atoms with E-state index in [-0.39, 0.29) is 0 Å². The maximum atomic E-state index is 12.7. The molecule has 0 saturated carbocycles. The molecule has 116 valence electrons. The van der Waals surface area contributed by atoms with Gasteiger partial charge in [0.05, 0.1) is 11.2 Å². The Hall–Kier alpha value is -1.28. The molecule has 0 unspecified atom stereocenters. The van der Waals surface area contributed by atoms with Crippen molar-refractivity contribution in [3.63, 3.8) is 0 Å². The van der Waals surface area contributed by atoms with Crippen LogP contribution < -0.4 is 0 Å². The van der Waals surface area contributed by atoms with Gasteiger partial charge in [-0.3, -0.25) is 4.40 Å². The highest BCUT2D eigenvalue weighted by atomic mass is 32.2. The molecular formula is C13H16F3N3OS. The molecule has 0 aliphatic heterocycles. The predicted molar refractivity (Wildman–Crippen MR) is 74.2 cm³/mol. The van der Waals surface area contributed by atoms with Crippen LogP contribution in [0.2, 0.25) is 0 Å². The number of fused-ring (bicyclic) bond motifs is 1. The van der Waals surface area contributed by atoms with Gasteiger partial charge in [-0.1, -0.05) is 25.6 Å². The quantitative estimate of drug-likeness (QED) is 0.858. The van der Waals surface area contributed by atoms with Crippen LogP contribution in [-0.2, 0) is 6.18 Å². The van der Waals surface area contributed by atoms with Gasteiger partial charge in [0.25, 0.3) is 0 Å². The van der Waals surface area contributed by atoms with Crippen molar-refractivity contribution in [3.05, 3.63) is 23.9 Å². The van der Waals surface area contributed by atoms with Gasteiger partial charge in [0.1, 0.15) is 0 Å². The number of aliphatic hydroxyl groups is 1. The highest BCUT2D eigenvalue weighted by molar-refractivity contribution is 7.99. The van der Waals surface area contributed by atoms with Crippen LogP contribution in [0.1, 0.15) is 32.3 Å². The Balaban J connectivity index is 2.28. The van der Waals surface area contributed by atoms with Crippen molar-refractivity contribution in [1.82, 2.24) is 14.6 Å². The maximum Gasteiger partial charge on any atom is 0.417 e. The van der Waals surface area contributed by atoms with Crippen molar-refractivity contribution in [1.29, 1.82) is 0 Å². The maximum absolute atomic E-state index is 12.7. The summed E-state index contributed by atoms with van der Waals surface area (Å²) >= 11 is 1.20. The van der Waals surface area contributed by atoms with E-state index < -0.39 is 17.3 Å². The van der Waals surface area contributed by atoms with Crippen LogP contribution in [0, 0.1) is 0 Å². The summed E-state index contributed by atoms with van der Waals surface area (Å²) in [6.07, 6.45) is -2.29. The number of thioether (sulfide) groups is 1. The zero-order chi connectivity index (χ0) is 15.7.